The van der Waals surface area contributed by atoms with Crippen LogP contribution in [0.2, 0.25) is 0 Å². The average molecular weight is 419 g/mol. The largest absolute Gasteiger partial charge is 0.343 e. The Labute approximate surface area is 173 Å². The SMILES string of the molecule is Cc1nccn1CCN(C1CCN(C(=O)CCc2ccccc2)CC1)S(C)(=O)=O. The van der Waals surface area contributed by atoms with Gasteiger partial charge in [-0.2, -0.15) is 4.31 Å². The molecule has 0 aliphatic carbocycles. The Morgan fingerprint density at radius 3 is 2.48 bits per heavy atom. The van der Waals surface area contributed by atoms with Crippen LogP contribution in [0.15, 0.2) is 42.7 Å². The first-order valence-corrected chi connectivity index (χ1v) is 12.0. The predicted octanol–water partition coefficient (Wildman–Crippen LogP) is 2.08. The van der Waals surface area contributed by atoms with E-state index in [1.165, 1.54) is 6.26 Å². The third kappa shape index (κ3) is 5.90. The molecule has 0 unspecified atom stereocenters. The lowest BCUT2D eigenvalue weighted by atomic mass is 10.0. The molecule has 1 aromatic heterocycles. The van der Waals surface area contributed by atoms with Gasteiger partial charge in [-0.15, -0.1) is 0 Å². The maximum absolute atomic E-state index is 12.5. The Kier molecular flexibility index (Phi) is 7.08. The summed E-state index contributed by atoms with van der Waals surface area (Å²) in [4.78, 5) is 18.6. The summed E-state index contributed by atoms with van der Waals surface area (Å²) in [6.07, 6.45) is 7.43. The van der Waals surface area contributed by atoms with Crippen molar-refractivity contribution in [2.45, 2.75) is 45.2 Å². The highest BCUT2D eigenvalue weighted by Crippen LogP contribution is 2.20. The van der Waals surface area contributed by atoms with E-state index in [1.54, 1.807) is 10.5 Å². The summed E-state index contributed by atoms with van der Waals surface area (Å²) in [5.41, 5.74) is 1.16. The standard InChI is InChI=1S/C21H30N4O3S/c1-18-22-12-15-23(18)16-17-25(29(2,27)28)20-10-13-24(14-11-20)21(26)9-8-19-6-4-3-5-7-19/h3-7,12,15,20H,8-11,13-14,16-17H2,1-2H3. The molecule has 0 spiro atoms. The zero-order chi connectivity index (χ0) is 20.9. The molecule has 1 amide bonds. The van der Waals surface area contributed by atoms with Crippen molar-refractivity contribution in [3.05, 3.63) is 54.1 Å². The van der Waals surface area contributed by atoms with Crippen molar-refractivity contribution >= 4 is 15.9 Å². The number of amides is 1. The van der Waals surface area contributed by atoms with Gasteiger partial charge in [0.05, 0.1) is 6.26 Å². The minimum Gasteiger partial charge on any atom is -0.343 e. The van der Waals surface area contributed by atoms with Crippen LogP contribution >= 0.6 is 0 Å². The molecule has 1 aliphatic heterocycles. The highest BCUT2D eigenvalue weighted by Gasteiger charge is 2.31. The molecular formula is C21H30N4O3S. The summed E-state index contributed by atoms with van der Waals surface area (Å²) in [5, 5.41) is 0. The summed E-state index contributed by atoms with van der Waals surface area (Å²) >= 11 is 0. The van der Waals surface area contributed by atoms with Crippen LogP contribution in [0.3, 0.4) is 0 Å². The number of carbonyl (C=O) groups excluding carboxylic acids is 1. The number of hydrogen-bond donors (Lipinski definition) is 0. The number of imidazole rings is 1. The molecule has 1 aliphatic rings. The van der Waals surface area contributed by atoms with E-state index in [4.69, 9.17) is 0 Å². The summed E-state index contributed by atoms with van der Waals surface area (Å²) in [5.74, 6) is 1.02. The molecule has 29 heavy (non-hydrogen) atoms. The van der Waals surface area contributed by atoms with E-state index in [-0.39, 0.29) is 11.9 Å². The van der Waals surface area contributed by atoms with E-state index in [1.807, 2.05) is 52.9 Å². The van der Waals surface area contributed by atoms with Gasteiger partial charge in [0.2, 0.25) is 15.9 Å². The lowest BCUT2D eigenvalue weighted by Crippen LogP contribution is -2.49. The van der Waals surface area contributed by atoms with E-state index in [0.29, 0.717) is 45.4 Å². The number of aryl methyl sites for hydroxylation is 2. The van der Waals surface area contributed by atoms with E-state index in [0.717, 1.165) is 17.8 Å². The zero-order valence-corrected chi connectivity index (χ0v) is 18.0. The molecule has 1 fully saturated rings. The second-order valence-corrected chi connectivity index (χ2v) is 9.57. The van der Waals surface area contributed by atoms with Gasteiger partial charge in [0.15, 0.2) is 0 Å². The van der Waals surface area contributed by atoms with Gasteiger partial charge in [-0.05, 0) is 31.7 Å². The van der Waals surface area contributed by atoms with Crippen molar-refractivity contribution in [2.24, 2.45) is 0 Å². The number of piperidine rings is 1. The summed E-state index contributed by atoms with van der Waals surface area (Å²) in [7, 11) is -3.32. The van der Waals surface area contributed by atoms with Crippen LogP contribution in [-0.4, -0.2) is 65.0 Å². The van der Waals surface area contributed by atoms with Gasteiger partial charge in [-0.3, -0.25) is 4.79 Å². The zero-order valence-electron chi connectivity index (χ0n) is 17.2. The monoisotopic (exact) mass is 418 g/mol. The number of likely N-dealkylation sites (tertiary alicyclic amines) is 1. The van der Waals surface area contributed by atoms with Crippen molar-refractivity contribution in [2.75, 3.05) is 25.9 Å². The number of aromatic nitrogens is 2. The van der Waals surface area contributed by atoms with Gasteiger partial charge in [-0.25, -0.2) is 13.4 Å². The first-order chi connectivity index (χ1) is 13.8. The van der Waals surface area contributed by atoms with E-state index < -0.39 is 10.0 Å². The van der Waals surface area contributed by atoms with E-state index in [2.05, 4.69) is 4.98 Å². The van der Waals surface area contributed by atoms with Crippen molar-refractivity contribution in [3.8, 4) is 0 Å². The summed E-state index contributed by atoms with van der Waals surface area (Å²) in [6.45, 7) is 4.12. The number of hydrogen-bond acceptors (Lipinski definition) is 4. The van der Waals surface area contributed by atoms with Crippen LogP contribution in [0.25, 0.3) is 0 Å². The molecule has 0 bridgehead atoms. The second-order valence-electron chi connectivity index (χ2n) is 7.64. The Balaban J connectivity index is 1.52. The normalized spacial score (nSPS) is 15.8. The lowest BCUT2D eigenvalue weighted by Gasteiger charge is -2.37. The van der Waals surface area contributed by atoms with E-state index >= 15 is 0 Å². The topological polar surface area (TPSA) is 75.5 Å². The Morgan fingerprint density at radius 1 is 1.21 bits per heavy atom. The van der Waals surface area contributed by atoms with Crippen molar-refractivity contribution in [1.82, 2.24) is 18.8 Å². The van der Waals surface area contributed by atoms with Gasteiger partial charge in [-0.1, -0.05) is 30.3 Å². The highest BCUT2D eigenvalue weighted by atomic mass is 32.2. The molecule has 0 saturated carbocycles. The fraction of sp³-hybridized carbons (Fsp3) is 0.524. The minimum atomic E-state index is -3.32. The van der Waals surface area contributed by atoms with Gasteiger partial charge in [0, 0.05) is 51.0 Å². The quantitative estimate of drug-likeness (QED) is 0.658. The average Bonchev–Trinajstić information content (AvgIpc) is 3.11. The molecular weight excluding hydrogens is 388 g/mol. The number of rotatable bonds is 8. The maximum Gasteiger partial charge on any atom is 0.222 e. The van der Waals surface area contributed by atoms with Crippen molar-refractivity contribution in [1.29, 1.82) is 0 Å². The number of carbonyl (C=O) groups is 1. The Bertz CT molecular complexity index is 903. The second kappa shape index (κ2) is 9.54. The van der Waals surface area contributed by atoms with Crippen LogP contribution < -0.4 is 0 Å². The van der Waals surface area contributed by atoms with Gasteiger partial charge in [0.1, 0.15) is 5.82 Å². The van der Waals surface area contributed by atoms with Gasteiger partial charge in [0.25, 0.3) is 0 Å². The Morgan fingerprint density at radius 2 is 1.90 bits per heavy atom. The van der Waals surface area contributed by atoms with Gasteiger partial charge >= 0.3 is 0 Å². The smallest absolute Gasteiger partial charge is 0.222 e. The predicted molar refractivity (Wildman–Crippen MR) is 113 cm³/mol. The number of benzene rings is 1. The molecule has 2 aromatic rings. The molecule has 7 nitrogen and oxygen atoms in total. The molecule has 158 valence electrons. The van der Waals surface area contributed by atoms with Gasteiger partial charge < -0.3 is 9.47 Å². The first kappa shape index (κ1) is 21.5. The van der Waals surface area contributed by atoms with Crippen LogP contribution in [0.5, 0.6) is 0 Å². The maximum atomic E-state index is 12.5. The van der Waals surface area contributed by atoms with Crippen molar-refractivity contribution in [3.63, 3.8) is 0 Å². The summed E-state index contributed by atoms with van der Waals surface area (Å²) in [6, 6.07) is 9.94. The highest BCUT2D eigenvalue weighted by molar-refractivity contribution is 7.88. The van der Waals surface area contributed by atoms with Crippen LogP contribution in [0.1, 0.15) is 30.7 Å². The van der Waals surface area contributed by atoms with Crippen LogP contribution in [-0.2, 0) is 27.8 Å². The molecule has 0 radical (unpaired) electrons. The third-order valence-electron chi connectivity index (χ3n) is 5.61. The van der Waals surface area contributed by atoms with Crippen LogP contribution in [0.4, 0.5) is 0 Å². The summed E-state index contributed by atoms with van der Waals surface area (Å²) < 4.78 is 28.3. The molecule has 2 heterocycles. The molecule has 0 N–H and O–H groups in total. The molecule has 3 rings (SSSR count). The molecule has 0 atom stereocenters. The third-order valence-corrected chi connectivity index (χ3v) is 6.94. The fourth-order valence-electron chi connectivity index (χ4n) is 3.92. The first-order valence-electron chi connectivity index (χ1n) is 10.1. The lowest BCUT2D eigenvalue weighted by molar-refractivity contribution is -0.132. The molecule has 1 aromatic carbocycles. The van der Waals surface area contributed by atoms with E-state index in [9.17, 15) is 13.2 Å². The van der Waals surface area contributed by atoms with Crippen molar-refractivity contribution < 1.29 is 13.2 Å². The number of sulfonamides is 1. The fourth-order valence-corrected chi connectivity index (χ4v) is 5.09. The molecule has 1 saturated heterocycles. The number of nitrogens with zero attached hydrogens (tertiary/aromatic N) is 4. The minimum absolute atomic E-state index is 0.0630. The Hall–Kier alpha value is -2.19. The molecule has 8 heteroatoms. The van der Waals surface area contributed by atoms with Crippen LogP contribution in [0, 0.1) is 6.92 Å².